The van der Waals surface area contributed by atoms with Crippen LogP contribution >= 0.6 is 0 Å². The van der Waals surface area contributed by atoms with Crippen LogP contribution in [-0.4, -0.2) is 36.4 Å². The molecule has 116 valence electrons. The molecule has 1 aliphatic rings. The molecular formula is C17H25NO3. The number of carbonyl (C=O) groups is 1. The SMILES string of the molecule is CCCCc1ccc(C(=O)NCC2(O)CCOCC2)cc1. The number of nitrogens with one attached hydrogen (secondary N) is 1. The molecule has 0 spiro atoms. The maximum Gasteiger partial charge on any atom is 0.251 e. The van der Waals surface area contributed by atoms with Crippen LogP contribution in [0.25, 0.3) is 0 Å². The van der Waals surface area contributed by atoms with E-state index >= 15 is 0 Å². The van der Waals surface area contributed by atoms with E-state index in [0.717, 1.165) is 6.42 Å². The molecule has 1 saturated heterocycles. The van der Waals surface area contributed by atoms with Gasteiger partial charge in [0.2, 0.25) is 0 Å². The second-order valence-electron chi connectivity index (χ2n) is 5.82. The van der Waals surface area contributed by atoms with E-state index in [1.807, 2.05) is 24.3 Å². The summed E-state index contributed by atoms with van der Waals surface area (Å²) in [5.41, 5.74) is 1.08. The standard InChI is InChI=1S/C17H25NO3/c1-2-3-4-14-5-7-15(8-6-14)16(19)18-13-17(20)9-11-21-12-10-17/h5-8,20H,2-4,9-13H2,1H3,(H,18,19). The Labute approximate surface area is 126 Å². The van der Waals surface area contributed by atoms with Gasteiger partial charge in [-0.05, 0) is 30.5 Å². The third kappa shape index (κ3) is 4.83. The zero-order valence-electron chi connectivity index (χ0n) is 12.7. The van der Waals surface area contributed by atoms with Gasteiger partial charge in [0, 0.05) is 38.2 Å². The highest BCUT2D eigenvalue weighted by Gasteiger charge is 2.30. The van der Waals surface area contributed by atoms with Gasteiger partial charge in [0.25, 0.3) is 5.91 Å². The van der Waals surface area contributed by atoms with Crippen molar-refractivity contribution in [2.75, 3.05) is 19.8 Å². The van der Waals surface area contributed by atoms with Crippen LogP contribution in [0, 0.1) is 0 Å². The predicted molar refractivity (Wildman–Crippen MR) is 82.4 cm³/mol. The summed E-state index contributed by atoms with van der Waals surface area (Å²) in [7, 11) is 0. The van der Waals surface area contributed by atoms with Crippen molar-refractivity contribution in [3.05, 3.63) is 35.4 Å². The van der Waals surface area contributed by atoms with Gasteiger partial charge in [0.1, 0.15) is 0 Å². The predicted octanol–water partition coefficient (Wildman–Crippen LogP) is 2.30. The van der Waals surface area contributed by atoms with E-state index in [1.165, 1.54) is 18.4 Å². The number of benzene rings is 1. The molecule has 0 aromatic heterocycles. The molecule has 4 heteroatoms. The Balaban J connectivity index is 1.85. The molecule has 0 atom stereocenters. The minimum Gasteiger partial charge on any atom is -0.388 e. The molecule has 1 heterocycles. The number of rotatable bonds is 6. The molecule has 1 aromatic carbocycles. The lowest BCUT2D eigenvalue weighted by molar-refractivity contribution is -0.0605. The van der Waals surface area contributed by atoms with Crippen LogP contribution in [-0.2, 0) is 11.2 Å². The molecular weight excluding hydrogens is 266 g/mol. The fourth-order valence-electron chi connectivity index (χ4n) is 2.48. The third-order valence-corrected chi connectivity index (χ3v) is 4.04. The minimum absolute atomic E-state index is 0.128. The smallest absolute Gasteiger partial charge is 0.251 e. The first-order chi connectivity index (χ1) is 10.1. The Morgan fingerprint density at radius 3 is 2.57 bits per heavy atom. The van der Waals surface area contributed by atoms with Crippen LogP contribution in [0.15, 0.2) is 24.3 Å². The number of aliphatic hydroxyl groups is 1. The summed E-state index contributed by atoms with van der Waals surface area (Å²) in [5, 5.41) is 13.1. The summed E-state index contributed by atoms with van der Waals surface area (Å²) >= 11 is 0. The van der Waals surface area contributed by atoms with Crippen molar-refractivity contribution in [2.24, 2.45) is 0 Å². The molecule has 0 bridgehead atoms. The molecule has 0 radical (unpaired) electrons. The van der Waals surface area contributed by atoms with E-state index in [4.69, 9.17) is 4.74 Å². The highest BCUT2D eigenvalue weighted by atomic mass is 16.5. The van der Waals surface area contributed by atoms with Crippen LogP contribution < -0.4 is 5.32 Å². The first-order valence-corrected chi connectivity index (χ1v) is 7.80. The number of amides is 1. The number of ether oxygens (including phenoxy) is 1. The van der Waals surface area contributed by atoms with Crippen molar-refractivity contribution in [3.63, 3.8) is 0 Å². The Kier molecular flexibility index (Phi) is 5.76. The van der Waals surface area contributed by atoms with Crippen molar-refractivity contribution in [1.82, 2.24) is 5.32 Å². The van der Waals surface area contributed by atoms with Crippen molar-refractivity contribution in [2.45, 2.75) is 44.6 Å². The highest BCUT2D eigenvalue weighted by molar-refractivity contribution is 5.94. The number of aryl methyl sites for hydroxylation is 1. The van der Waals surface area contributed by atoms with Crippen LogP contribution in [0.1, 0.15) is 48.5 Å². The average Bonchev–Trinajstić information content (AvgIpc) is 2.52. The molecule has 1 fully saturated rings. The van der Waals surface area contributed by atoms with Gasteiger partial charge >= 0.3 is 0 Å². The molecule has 0 unspecified atom stereocenters. The molecule has 1 aliphatic heterocycles. The lowest BCUT2D eigenvalue weighted by Crippen LogP contribution is -2.46. The van der Waals surface area contributed by atoms with Gasteiger partial charge in [-0.25, -0.2) is 0 Å². The first kappa shape index (κ1) is 16.0. The van der Waals surface area contributed by atoms with Gasteiger partial charge in [-0.15, -0.1) is 0 Å². The summed E-state index contributed by atoms with van der Waals surface area (Å²) in [6, 6.07) is 7.73. The third-order valence-electron chi connectivity index (χ3n) is 4.04. The lowest BCUT2D eigenvalue weighted by Gasteiger charge is -2.32. The summed E-state index contributed by atoms with van der Waals surface area (Å²) < 4.78 is 5.23. The van der Waals surface area contributed by atoms with Crippen LogP contribution in [0.5, 0.6) is 0 Å². The minimum atomic E-state index is -0.824. The largest absolute Gasteiger partial charge is 0.388 e. The molecule has 4 nitrogen and oxygen atoms in total. The van der Waals surface area contributed by atoms with E-state index in [9.17, 15) is 9.90 Å². The van der Waals surface area contributed by atoms with Crippen molar-refractivity contribution in [3.8, 4) is 0 Å². The topological polar surface area (TPSA) is 58.6 Å². The monoisotopic (exact) mass is 291 g/mol. The summed E-state index contributed by atoms with van der Waals surface area (Å²) in [5.74, 6) is -0.128. The quantitative estimate of drug-likeness (QED) is 0.845. The zero-order valence-corrected chi connectivity index (χ0v) is 12.7. The normalized spacial score (nSPS) is 17.4. The summed E-state index contributed by atoms with van der Waals surface area (Å²) in [4.78, 5) is 12.1. The van der Waals surface area contributed by atoms with E-state index in [1.54, 1.807) is 0 Å². The number of carbonyl (C=O) groups excluding carboxylic acids is 1. The van der Waals surface area contributed by atoms with E-state index in [-0.39, 0.29) is 12.5 Å². The maximum atomic E-state index is 12.1. The number of unbranched alkanes of at least 4 members (excludes halogenated alkanes) is 1. The fourth-order valence-corrected chi connectivity index (χ4v) is 2.48. The average molecular weight is 291 g/mol. The molecule has 1 aromatic rings. The van der Waals surface area contributed by atoms with Gasteiger partial charge in [0.05, 0.1) is 5.60 Å². The van der Waals surface area contributed by atoms with Gasteiger partial charge in [-0.3, -0.25) is 4.79 Å². The summed E-state index contributed by atoms with van der Waals surface area (Å²) in [6.45, 7) is 3.56. The van der Waals surface area contributed by atoms with Gasteiger partial charge in [-0.1, -0.05) is 25.5 Å². The van der Waals surface area contributed by atoms with Gasteiger partial charge < -0.3 is 15.2 Å². The van der Waals surface area contributed by atoms with Crippen LogP contribution in [0.2, 0.25) is 0 Å². The Bertz CT molecular complexity index is 450. The highest BCUT2D eigenvalue weighted by Crippen LogP contribution is 2.19. The zero-order chi connectivity index (χ0) is 15.1. The fraction of sp³-hybridized carbons (Fsp3) is 0.588. The number of hydrogen-bond acceptors (Lipinski definition) is 3. The second kappa shape index (κ2) is 7.57. The van der Waals surface area contributed by atoms with Gasteiger partial charge in [-0.2, -0.15) is 0 Å². The number of hydrogen-bond donors (Lipinski definition) is 2. The van der Waals surface area contributed by atoms with Gasteiger partial charge in [0.15, 0.2) is 0 Å². The molecule has 0 aliphatic carbocycles. The Morgan fingerprint density at radius 2 is 1.95 bits per heavy atom. The van der Waals surface area contributed by atoms with E-state index < -0.39 is 5.60 Å². The summed E-state index contributed by atoms with van der Waals surface area (Å²) in [6.07, 6.45) is 4.54. The molecule has 2 N–H and O–H groups in total. The van der Waals surface area contributed by atoms with Crippen molar-refractivity contribution in [1.29, 1.82) is 0 Å². The first-order valence-electron chi connectivity index (χ1n) is 7.80. The molecule has 2 rings (SSSR count). The Hall–Kier alpha value is -1.39. The second-order valence-corrected chi connectivity index (χ2v) is 5.82. The van der Waals surface area contributed by atoms with Crippen LogP contribution in [0.4, 0.5) is 0 Å². The van der Waals surface area contributed by atoms with Crippen molar-refractivity contribution < 1.29 is 14.6 Å². The maximum absolute atomic E-state index is 12.1. The van der Waals surface area contributed by atoms with Crippen LogP contribution in [0.3, 0.4) is 0 Å². The molecule has 1 amide bonds. The van der Waals surface area contributed by atoms with E-state index in [2.05, 4.69) is 12.2 Å². The lowest BCUT2D eigenvalue weighted by atomic mass is 9.94. The molecule has 0 saturated carbocycles. The van der Waals surface area contributed by atoms with E-state index in [0.29, 0.717) is 31.6 Å². The molecule has 21 heavy (non-hydrogen) atoms. The van der Waals surface area contributed by atoms with Crippen molar-refractivity contribution >= 4 is 5.91 Å². The Morgan fingerprint density at radius 1 is 1.29 bits per heavy atom.